The van der Waals surface area contributed by atoms with Crippen molar-refractivity contribution in [2.24, 2.45) is 11.8 Å². The maximum Gasteiger partial charge on any atom is 0.255 e. The van der Waals surface area contributed by atoms with E-state index >= 15 is 0 Å². The minimum absolute atomic E-state index is 0.00720. The third kappa shape index (κ3) is 4.44. The molecule has 6 heteroatoms. The zero-order valence-corrected chi connectivity index (χ0v) is 19.5. The molecule has 2 amide bonds. The summed E-state index contributed by atoms with van der Waals surface area (Å²) in [5, 5.41) is 6.18. The summed E-state index contributed by atoms with van der Waals surface area (Å²) in [4.78, 5) is 33.5. The second-order valence-electron chi connectivity index (χ2n) is 9.81. The molecule has 176 valence electrons. The summed E-state index contributed by atoms with van der Waals surface area (Å²) in [6, 6.07) is 22.7. The SMILES string of the molecule is O=C(Nc1ccccc1)c1ccc2[nH]c(-c3ccc(C(=O)NC4CC5CCC4CC5)cc3)nc2c1. The normalized spacial score (nSPS) is 21.1. The van der Waals surface area contributed by atoms with E-state index in [-0.39, 0.29) is 11.8 Å². The first-order chi connectivity index (χ1) is 17.1. The standard InChI is InChI=1S/C29H28N4O2/c34-28(33-25-16-18-6-8-19(25)9-7-18)21-12-10-20(11-13-21)27-31-24-15-14-22(17-26(24)32-27)29(35)30-23-4-2-1-3-5-23/h1-5,10-15,17-19,25H,6-9,16H2,(H,30,35)(H,31,32)(H,33,34). The molecule has 3 saturated carbocycles. The fraction of sp³-hybridized carbons (Fsp3) is 0.276. The van der Waals surface area contributed by atoms with Gasteiger partial charge in [-0.15, -0.1) is 0 Å². The number of anilines is 1. The molecule has 1 unspecified atom stereocenters. The molecule has 0 spiro atoms. The van der Waals surface area contributed by atoms with Crippen LogP contribution in [-0.4, -0.2) is 27.8 Å². The maximum absolute atomic E-state index is 12.8. The van der Waals surface area contributed by atoms with Gasteiger partial charge < -0.3 is 15.6 Å². The number of nitrogens with zero attached hydrogens (tertiary/aromatic N) is 1. The van der Waals surface area contributed by atoms with Crippen molar-refractivity contribution in [3.8, 4) is 11.4 Å². The number of nitrogens with one attached hydrogen (secondary N) is 3. The minimum atomic E-state index is -0.177. The summed E-state index contributed by atoms with van der Waals surface area (Å²) in [6.45, 7) is 0. The van der Waals surface area contributed by atoms with Crippen LogP contribution in [0.5, 0.6) is 0 Å². The lowest BCUT2D eigenvalue weighted by Gasteiger charge is -2.42. The number of carbonyl (C=O) groups excluding carboxylic acids is 2. The molecule has 2 bridgehead atoms. The number of carbonyl (C=O) groups is 2. The molecule has 4 aromatic rings. The van der Waals surface area contributed by atoms with Crippen LogP contribution in [0.4, 0.5) is 5.69 Å². The molecule has 0 radical (unpaired) electrons. The summed E-state index contributed by atoms with van der Waals surface area (Å²) in [5.41, 5.74) is 4.43. The van der Waals surface area contributed by atoms with Crippen molar-refractivity contribution >= 4 is 28.5 Å². The van der Waals surface area contributed by atoms with Crippen LogP contribution in [0, 0.1) is 11.8 Å². The topological polar surface area (TPSA) is 86.9 Å². The van der Waals surface area contributed by atoms with Crippen molar-refractivity contribution in [1.29, 1.82) is 0 Å². The maximum atomic E-state index is 12.8. The van der Waals surface area contributed by atoms with Crippen molar-refractivity contribution in [1.82, 2.24) is 15.3 Å². The predicted molar refractivity (Wildman–Crippen MR) is 137 cm³/mol. The van der Waals surface area contributed by atoms with Crippen LogP contribution in [0.3, 0.4) is 0 Å². The first kappa shape index (κ1) is 21.6. The van der Waals surface area contributed by atoms with Gasteiger partial charge in [0.15, 0.2) is 0 Å². The van der Waals surface area contributed by atoms with Gasteiger partial charge in [0.1, 0.15) is 5.82 Å². The van der Waals surface area contributed by atoms with Gasteiger partial charge in [-0.05, 0) is 73.6 Å². The van der Waals surface area contributed by atoms with Gasteiger partial charge in [0.2, 0.25) is 0 Å². The fourth-order valence-electron chi connectivity index (χ4n) is 5.59. The van der Waals surface area contributed by atoms with Crippen LogP contribution in [0.1, 0.15) is 52.8 Å². The molecule has 0 saturated heterocycles. The van der Waals surface area contributed by atoms with Crippen LogP contribution in [0.2, 0.25) is 0 Å². The molecular weight excluding hydrogens is 436 g/mol. The summed E-state index contributed by atoms with van der Waals surface area (Å²) >= 11 is 0. The Balaban J connectivity index is 1.16. The van der Waals surface area contributed by atoms with Crippen LogP contribution < -0.4 is 10.6 Å². The van der Waals surface area contributed by atoms with E-state index in [4.69, 9.17) is 4.98 Å². The number of imidazole rings is 1. The predicted octanol–water partition coefficient (Wildman–Crippen LogP) is 5.79. The molecular formula is C29H28N4O2. The zero-order chi connectivity index (χ0) is 23.8. The van der Waals surface area contributed by atoms with Gasteiger partial charge in [-0.3, -0.25) is 9.59 Å². The van der Waals surface area contributed by atoms with E-state index in [9.17, 15) is 9.59 Å². The van der Waals surface area contributed by atoms with Crippen molar-refractivity contribution < 1.29 is 9.59 Å². The van der Waals surface area contributed by atoms with Crippen molar-refractivity contribution in [2.75, 3.05) is 5.32 Å². The monoisotopic (exact) mass is 464 g/mol. The lowest BCUT2D eigenvalue weighted by molar-refractivity contribution is 0.0810. The average Bonchev–Trinajstić information content (AvgIpc) is 3.34. The van der Waals surface area contributed by atoms with Gasteiger partial charge in [0.25, 0.3) is 11.8 Å². The minimum Gasteiger partial charge on any atom is -0.349 e. The third-order valence-corrected chi connectivity index (χ3v) is 7.56. The van der Waals surface area contributed by atoms with Crippen molar-refractivity contribution in [3.05, 3.63) is 83.9 Å². The van der Waals surface area contributed by atoms with Crippen LogP contribution in [0.15, 0.2) is 72.8 Å². The average molecular weight is 465 g/mol. The number of para-hydroxylation sites is 1. The molecule has 3 aromatic carbocycles. The second kappa shape index (κ2) is 9.02. The molecule has 0 aliphatic heterocycles. The Labute approximate surface area is 204 Å². The van der Waals surface area contributed by atoms with E-state index < -0.39 is 0 Å². The highest BCUT2D eigenvalue weighted by atomic mass is 16.2. The Morgan fingerprint density at radius 1 is 0.829 bits per heavy atom. The van der Waals surface area contributed by atoms with E-state index in [2.05, 4.69) is 15.6 Å². The molecule has 3 aliphatic carbocycles. The molecule has 1 aromatic heterocycles. The molecule has 3 fully saturated rings. The molecule has 1 heterocycles. The number of hydrogen-bond donors (Lipinski definition) is 3. The number of fused-ring (bicyclic) bond motifs is 4. The highest BCUT2D eigenvalue weighted by molar-refractivity contribution is 6.06. The molecule has 6 nitrogen and oxygen atoms in total. The van der Waals surface area contributed by atoms with Crippen molar-refractivity contribution in [3.63, 3.8) is 0 Å². The van der Waals surface area contributed by atoms with E-state index in [0.717, 1.165) is 34.6 Å². The number of benzene rings is 3. The van der Waals surface area contributed by atoms with Gasteiger partial charge >= 0.3 is 0 Å². The Bertz CT molecular complexity index is 1370. The first-order valence-corrected chi connectivity index (χ1v) is 12.4. The Morgan fingerprint density at radius 2 is 1.57 bits per heavy atom. The largest absolute Gasteiger partial charge is 0.349 e. The smallest absolute Gasteiger partial charge is 0.255 e. The first-order valence-electron chi connectivity index (χ1n) is 12.4. The summed E-state index contributed by atoms with van der Waals surface area (Å²) < 4.78 is 0. The molecule has 7 rings (SSSR count). The highest BCUT2D eigenvalue weighted by Crippen LogP contribution is 2.41. The highest BCUT2D eigenvalue weighted by Gasteiger charge is 2.36. The second-order valence-corrected chi connectivity index (χ2v) is 9.81. The number of aromatic amines is 1. The molecule has 3 N–H and O–H groups in total. The van der Waals surface area contributed by atoms with E-state index in [1.165, 1.54) is 25.7 Å². The van der Waals surface area contributed by atoms with Gasteiger partial charge in [0.05, 0.1) is 11.0 Å². The summed E-state index contributed by atoms with van der Waals surface area (Å²) in [7, 11) is 0. The van der Waals surface area contributed by atoms with Crippen LogP contribution >= 0.6 is 0 Å². The Hall–Kier alpha value is -3.93. The van der Waals surface area contributed by atoms with Gasteiger partial charge in [-0.1, -0.05) is 43.2 Å². The zero-order valence-electron chi connectivity index (χ0n) is 19.5. The number of H-pyrrole nitrogens is 1. The lowest BCUT2D eigenvalue weighted by atomic mass is 9.68. The number of amides is 2. The van der Waals surface area contributed by atoms with Crippen LogP contribution in [0.25, 0.3) is 22.4 Å². The quantitative estimate of drug-likeness (QED) is 0.349. The van der Waals surface area contributed by atoms with E-state index in [0.29, 0.717) is 28.9 Å². The number of rotatable bonds is 5. The van der Waals surface area contributed by atoms with Crippen molar-refractivity contribution in [2.45, 2.75) is 38.1 Å². The fourth-order valence-corrected chi connectivity index (χ4v) is 5.59. The molecule has 35 heavy (non-hydrogen) atoms. The number of hydrogen-bond acceptors (Lipinski definition) is 3. The number of aromatic nitrogens is 2. The summed E-state index contributed by atoms with van der Waals surface area (Å²) in [5.74, 6) is 1.96. The van der Waals surface area contributed by atoms with E-state index in [1.54, 1.807) is 12.1 Å². The Morgan fingerprint density at radius 3 is 2.29 bits per heavy atom. The lowest BCUT2D eigenvalue weighted by Crippen LogP contribution is -2.47. The van der Waals surface area contributed by atoms with Crippen LogP contribution in [-0.2, 0) is 0 Å². The molecule has 3 aliphatic rings. The van der Waals surface area contributed by atoms with Gasteiger partial charge in [-0.2, -0.15) is 0 Å². The molecule has 1 atom stereocenters. The summed E-state index contributed by atoms with van der Waals surface area (Å²) in [6.07, 6.45) is 6.26. The Kier molecular flexibility index (Phi) is 5.57. The third-order valence-electron chi connectivity index (χ3n) is 7.56. The van der Waals surface area contributed by atoms with Gasteiger partial charge in [0, 0.05) is 28.4 Å². The van der Waals surface area contributed by atoms with Gasteiger partial charge in [-0.25, -0.2) is 4.98 Å². The van der Waals surface area contributed by atoms with E-state index in [1.807, 2.05) is 60.7 Å².